The van der Waals surface area contributed by atoms with E-state index in [0.717, 1.165) is 18.4 Å². The molecule has 5 heteroatoms. The zero-order chi connectivity index (χ0) is 15.0. The van der Waals surface area contributed by atoms with Gasteiger partial charge in [0.2, 0.25) is 10.0 Å². The van der Waals surface area contributed by atoms with E-state index in [0.29, 0.717) is 11.7 Å². The van der Waals surface area contributed by atoms with Crippen LogP contribution in [0.15, 0.2) is 24.3 Å². The number of hydrogen-bond donors (Lipinski definition) is 2. The van der Waals surface area contributed by atoms with Gasteiger partial charge in [0.1, 0.15) is 0 Å². The van der Waals surface area contributed by atoms with Crippen molar-refractivity contribution in [3.05, 3.63) is 24.3 Å². The van der Waals surface area contributed by atoms with Crippen LogP contribution in [-0.4, -0.2) is 20.7 Å². The Morgan fingerprint density at radius 3 is 2.35 bits per heavy atom. The van der Waals surface area contributed by atoms with Crippen LogP contribution in [0.2, 0.25) is 0 Å². The number of unbranched alkanes of at least 4 members (excludes halogenated alkanes) is 3. The molecule has 0 amide bonds. The van der Waals surface area contributed by atoms with E-state index in [1.807, 2.05) is 18.2 Å². The lowest BCUT2D eigenvalue weighted by molar-refractivity contribution is 0.594. The molecule has 1 aromatic rings. The van der Waals surface area contributed by atoms with Gasteiger partial charge in [0.15, 0.2) is 0 Å². The van der Waals surface area contributed by atoms with Crippen molar-refractivity contribution in [3.63, 3.8) is 0 Å². The number of sulfonamides is 1. The van der Waals surface area contributed by atoms with Gasteiger partial charge in [-0.3, -0.25) is 4.72 Å². The van der Waals surface area contributed by atoms with Crippen molar-refractivity contribution in [1.29, 1.82) is 0 Å². The van der Waals surface area contributed by atoms with Gasteiger partial charge in [-0.15, -0.1) is 0 Å². The highest BCUT2D eigenvalue weighted by atomic mass is 32.2. The van der Waals surface area contributed by atoms with Gasteiger partial charge in [0.05, 0.1) is 17.6 Å². The molecule has 20 heavy (non-hydrogen) atoms. The molecule has 0 fully saturated rings. The Labute approximate surface area is 123 Å². The van der Waals surface area contributed by atoms with Crippen LogP contribution in [0.5, 0.6) is 0 Å². The quantitative estimate of drug-likeness (QED) is 0.681. The molecule has 0 aliphatic heterocycles. The maximum absolute atomic E-state index is 11.3. The lowest BCUT2D eigenvalue weighted by atomic mass is 10.1. The van der Waals surface area contributed by atoms with Crippen molar-refractivity contribution < 1.29 is 8.42 Å². The van der Waals surface area contributed by atoms with Crippen molar-refractivity contribution in [2.45, 2.75) is 52.0 Å². The van der Waals surface area contributed by atoms with Crippen molar-refractivity contribution in [3.8, 4) is 0 Å². The van der Waals surface area contributed by atoms with E-state index < -0.39 is 10.0 Å². The molecule has 0 spiro atoms. The fourth-order valence-electron chi connectivity index (χ4n) is 2.11. The van der Waals surface area contributed by atoms with Crippen LogP contribution < -0.4 is 10.0 Å². The molecule has 114 valence electrons. The van der Waals surface area contributed by atoms with Crippen molar-refractivity contribution in [2.24, 2.45) is 0 Å². The molecule has 2 N–H and O–H groups in total. The summed E-state index contributed by atoms with van der Waals surface area (Å²) in [5, 5.41) is 3.38. The Hall–Kier alpha value is -1.23. The Morgan fingerprint density at radius 2 is 1.75 bits per heavy atom. The number of nitrogens with one attached hydrogen (secondary N) is 2. The Morgan fingerprint density at radius 1 is 1.10 bits per heavy atom. The zero-order valence-electron chi connectivity index (χ0n) is 12.6. The maximum Gasteiger partial charge on any atom is 0.229 e. The van der Waals surface area contributed by atoms with Crippen LogP contribution in [0.25, 0.3) is 0 Å². The molecule has 4 nitrogen and oxygen atoms in total. The monoisotopic (exact) mass is 298 g/mol. The van der Waals surface area contributed by atoms with Gasteiger partial charge in [-0.2, -0.15) is 0 Å². The first-order chi connectivity index (χ1) is 9.42. The first-order valence-corrected chi connectivity index (χ1v) is 9.15. The average Bonchev–Trinajstić information content (AvgIpc) is 2.35. The molecule has 0 saturated carbocycles. The predicted molar refractivity (Wildman–Crippen MR) is 86.8 cm³/mol. The first-order valence-electron chi connectivity index (χ1n) is 7.25. The minimum atomic E-state index is -3.25. The first kappa shape index (κ1) is 16.8. The van der Waals surface area contributed by atoms with E-state index in [2.05, 4.69) is 23.9 Å². The summed E-state index contributed by atoms with van der Waals surface area (Å²) in [6, 6.07) is 7.72. The van der Waals surface area contributed by atoms with E-state index in [-0.39, 0.29) is 0 Å². The second kappa shape index (κ2) is 8.15. The summed E-state index contributed by atoms with van der Waals surface area (Å²) in [7, 11) is -3.25. The lowest BCUT2D eigenvalue weighted by Crippen LogP contribution is -2.17. The Kier molecular flexibility index (Phi) is 6.85. The van der Waals surface area contributed by atoms with Gasteiger partial charge in [-0.1, -0.05) is 44.7 Å². The summed E-state index contributed by atoms with van der Waals surface area (Å²) in [6.45, 7) is 4.33. The van der Waals surface area contributed by atoms with Gasteiger partial charge in [0.25, 0.3) is 0 Å². The summed E-state index contributed by atoms with van der Waals surface area (Å²) < 4.78 is 25.2. The predicted octanol–water partition coefficient (Wildman–Crippen LogP) is 3.83. The molecule has 0 aromatic heterocycles. The van der Waals surface area contributed by atoms with E-state index in [1.54, 1.807) is 6.07 Å². The maximum atomic E-state index is 11.3. The van der Waals surface area contributed by atoms with Crippen LogP contribution in [0.1, 0.15) is 46.0 Å². The number of hydrogen-bond acceptors (Lipinski definition) is 3. The number of anilines is 2. The highest BCUT2D eigenvalue weighted by molar-refractivity contribution is 7.92. The fourth-order valence-corrected chi connectivity index (χ4v) is 2.69. The lowest BCUT2D eigenvalue weighted by Gasteiger charge is -2.18. The van der Waals surface area contributed by atoms with Crippen LogP contribution in [0, 0.1) is 0 Å². The second-order valence-electron chi connectivity index (χ2n) is 5.31. The van der Waals surface area contributed by atoms with Crippen LogP contribution >= 0.6 is 0 Å². The molecule has 0 aliphatic carbocycles. The molecule has 0 saturated heterocycles. The average molecular weight is 298 g/mol. The zero-order valence-corrected chi connectivity index (χ0v) is 13.5. The van der Waals surface area contributed by atoms with Gasteiger partial charge >= 0.3 is 0 Å². The minimum Gasteiger partial charge on any atom is -0.381 e. The van der Waals surface area contributed by atoms with Crippen molar-refractivity contribution in [2.75, 3.05) is 16.3 Å². The SMILES string of the molecule is CCCCCCC(C)Nc1ccccc1NS(C)(=O)=O. The number of rotatable bonds is 9. The number of benzene rings is 1. The molecule has 0 bridgehead atoms. The molecular formula is C15H26N2O2S. The van der Waals surface area contributed by atoms with Crippen molar-refractivity contribution in [1.82, 2.24) is 0 Å². The third-order valence-corrected chi connectivity index (χ3v) is 3.71. The molecular weight excluding hydrogens is 272 g/mol. The largest absolute Gasteiger partial charge is 0.381 e. The second-order valence-corrected chi connectivity index (χ2v) is 7.06. The van der Waals surface area contributed by atoms with E-state index in [1.165, 1.54) is 25.7 Å². The molecule has 1 atom stereocenters. The number of para-hydroxylation sites is 2. The molecule has 1 rings (SSSR count). The summed E-state index contributed by atoms with van der Waals surface area (Å²) in [5.74, 6) is 0. The summed E-state index contributed by atoms with van der Waals surface area (Å²) in [5.41, 5.74) is 1.44. The van der Waals surface area contributed by atoms with Crippen molar-refractivity contribution >= 4 is 21.4 Å². The van der Waals surface area contributed by atoms with Crippen LogP contribution in [0.3, 0.4) is 0 Å². The standard InChI is InChI=1S/C15H26N2O2S/c1-4-5-6-7-10-13(2)16-14-11-8-9-12-15(14)17-20(3,18)19/h8-9,11-13,16-17H,4-7,10H2,1-3H3. The molecule has 1 unspecified atom stereocenters. The third kappa shape index (κ3) is 6.80. The molecule has 1 aromatic carbocycles. The Bertz CT molecular complexity index is 500. The molecule has 0 aliphatic rings. The highest BCUT2D eigenvalue weighted by Gasteiger charge is 2.09. The van der Waals surface area contributed by atoms with E-state index in [4.69, 9.17) is 0 Å². The minimum absolute atomic E-state index is 0.328. The molecule has 0 radical (unpaired) electrons. The van der Waals surface area contributed by atoms with E-state index >= 15 is 0 Å². The van der Waals surface area contributed by atoms with Gasteiger partial charge in [-0.05, 0) is 25.5 Å². The summed E-state index contributed by atoms with van der Waals surface area (Å²) >= 11 is 0. The van der Waals surface area contributed by atoms with Crippen LogP contribution in [-0.2, 0) is 10.0 Å². The van der Waals surface area contributed by atoms with E-state index in [9.17, 15) is 8.42 Å². The topological polar surface area (TPSA) is 58.2 Å². The van der Waals surface area contributed by atoms with Gasteiger partial charge < -0.3 is 5.32 Å². The van der Waals surface area contributed by atoms with Crippen LogP contribution in [0.4, 0.5) is 11.4 Å². The highest BCUT2D eigenvalue weighted by Crippen LogP contribution is 2.23. The molecule has 0 heterocycles. The smallest absolute Gasteiger partial charge is 0.229 e. The van der Waals surface area contributed by atoms with Gasteiger partial charge in [-0.25, -0.2) is 8.42 Å². The Balaban J connectivity index is 2.58. The fraction of sp³-hybridized carbons (Fsp3) is 0.600. The normalized spacial score (nSPS) is 12.9. The summed E-state index contributed by atoms with van der Waals surface area (Å²) in [6.07, 6.45) is 7.22. The third-order valence-electron chi connectivity index (χ3n) is 3.12. The van der Waals surface area contributed by atoms with Gasteiger partial charge in [0, 0.05) is 6.04 Å². The summed E-state index contributed by atoms with van der Waals surface area (Å²) in [4.78, 5) is 0.